The summed E-state index contributed by atoms with van der Waals surface area (Å²) in [5, 5.41) is 4.00. The minimum absolute atomic E-state index is 0.642. The Balaban J connectivity index is 1.86. The van der Waals surface area contributed by atoms with Crippen LogP contribution in [0.25, 0.3) is 11.4 Å². The van der Waals surface area contributed by atoms with E-state index < -0.39 is 0 Å². The minimum atomic E-state index is 0.642. The summed E-state index contributed by atoms with van der Waals surface area (Å²) in [6.07, 6.45) is 7.07. The van der Waals surface area contributed by atoms with E-state index in [-0.39, 0.29) is 0 Å². The van der Waals surface area contributed by atoms with Gasteiger partial charge in [0, 0.05) is 17.7 Å². The summed E-state index contributed by atoms with van der Waals surface area (Å²) in [4.78, 5) is 4.41. The lowest BCUT2D eigenvalue weighted by Gasteiger charge is -1.96. The molecular formula is C15H21N3O. The Morgan fingerprint density at radius 3 is 2.53 bits per heavy atom. The largest absolute Gasteiger partial charge is 0.399 e. The molecule has 4 heteroatoms. The highest BCUT2D eigenvalue weighted by molar-refractivity contribution is 5.57. The molecule has 1 heterocycles. The molecule has 0 fully saturated rings. The third-order valence-electron chi connectivity index (χ3n) is 3.13. The maximum absolute atomic E-state index is 5.65. The fourth-order valence-electron chi connectivity index (χ4n) is 1.99. The Morgan fingerprint density at radius 2 is 1.79 bits per heavy atom. The third kappa shape index (κ3) is 4.09. The first-order valence-corrected chi connectivity index (χ1v) is 6.98. The topological polar surface area (TPSA) is 64.9 Å². The molecule has 2 aromatic rings. The van der Waals surface area contributed by atoms with E-state index in [2.05, 4.69) is 17.1 Å². The van der Waals surface area contributed by atoms with Gasteiger partial charge in [-0.05, 0) is 30.7 Å². The highest BCUT2D eigenvalue weighted by Gasteiger charge is 2.07. The lowest BCUT2D eigenvalue weighted by molar-refractivity contribution is 0.374. The fraction of sp³-hybridized carbons (Fsp3) is 0.467. The van der Waals surface area contributed by atoms with Gasteiger partial charge in [0.1, 0.15) is 0 Å². The number of unbranched alkanes of at least 4 members (excludes halogenated alkanes) is 4. The smallest absolute Gasteiger partial charge is 0.226 e. The van der Waals surface area contributed by atoms with E-state index in [1.807, 2.05) is 24.3 Å². The van der Waals surface area contributed by atoms with Gasteiger partial charge in [0.2, 0.25) is 11.7 Å². The second-order valence-corrected chi connectivity index (χ2v) is 4.80. The predicted molar refractivity (Wildman–Crippen MR) is 76.6 cm³/mol. The molecule has 0 bridgehead atoms. The van der Waals surface area contributed by atoms with Gasteiger partial charge in [-0.1, -0.05) is 37.8 Å². The van der Waals surface area contributed by atoms with Gasteiger partial charge in [-0.2, -0.15) is 4.98 Å². The highest BCUT2D eigenvalue weighted by atomic mass is 16.5. The van der Waals surface area contributed by atoms with E-state index in [0.29, 0.717) is 5.82 Å². The van der Waals surface area contributed by atoms with Crippen LogP contribution in [0.3, 0.4) is 0 Å². The molecule has 1 aromatic carbocycles. The lowest BCUT2D eigenvalue weighted by Crippen LogP contribution is -1.87. The van der Waals surface area contributed by atoms with Crippen molar-refractivity contribution >= 4 is 5.69 Å². The van der Waals surface area contributed by atoms with Gasteiger partial charge in [-0.3, -0.25) is 0 Å². The average molecular weight is 259 g/mol. The van der Waals surface area contributed by atoms with E-state index in [4.69, 9.17) is 10.3 Å². The molecule has 0 aliphatic rings. The molecule has 1 aromatic heterocycles. The van der Waals surface area contributed by atoms with Crippen LogP contribution in [0.4, 0.5) is 5.69 Å². The molecule has 0 aliphatic heterocycles. The van der Waals surface area contributed by atoms with Crippen molar-refractivity contribution in [2.45, 2.75) is 45.4 Å². The van der Waals surface area contributed by atoms with E-state index in [1.165, 1.54) is 25.7 Å². The van der Waals surface area contributed by atoms with Crippen LogP contribution in [0.1, 0.15) is 44.9 Å². The summed E-state index contributed by atoms with van der Waals surface area (Å²) < 4.78 is 5.26. The molecule has 102 valence electrons. The van der Waals surface area contributed by atoms with Gasteiger partial charge in [0.15, 0.2) is 0 Å². The summed E-state index contributed by atoms with van der Waals surface area (Å²) in [5.41, 5.74) is 7.33. The summed E-state index contributed by atoms with van der Waals surface area (Å²) in [7, 11) is 0. The summed E-state index contributed by atoms with van der Waals surface area (Å²) in [6, 6.07) is 7.50. The number of anilines is 1. The molecule has 2 N–H and O–H groups in total. The maximum Gasteiger partial charge on any atom is 0.226 e. The van der Waals surface area contributed by atoms with Crippen LogP contribution in [-0.4, -0.2) is 10.1 Å². The van der Waals surface area contributed by atoms with Crippen LogP contribution in [0.15, 0.2) is 28.8 Å². The molecule has 4 nitrogen and oxygen atoms in total. The van der Waals surface area contributed by atoms with E-state index in [1.54, 1.807) is 0 Å². The van der Waals surface area contributed by atoms with Crippen molar-refractivity contribution in [3.05, 3.63) is 30.2 Å². The normalized spacial score (nSPS) is 10.8. The zero-order valence-corrected chi connectivity index (χ0v) is 11.4. The molecule has 0 atom stereocenters. The Bertz CT molecular complexity index is 490. The molecule has 0 radical (unpaired) electrons. The van der Waals surface area contributed by atoms with Crippen LogP contribution in [0.5, 0.6) is 0 Å². The second-order valence-electron chi connectivity index (χ2n) is 4.80. The van der Waals surface area contributed by atoms with Crippen molar-refractivity contribution in [3.8, 4) is 11.4 Å². The van der Waals surface area contributed by atoms with E-state index in [0.717, 1.165) is 30.0 Å². The molecule has 0 unspecified atom stereocenters. The molecular weight excluding hydrogens is 238 g/mol. The van der Waals surface area contributed by atoms with Gasteiger partial charge in [-0.25, -0.2) is 0 Å². The Labute approximate surface area is 114 Å². The number of nitrogen functional groups attached to an aromatic ring is 1. The first-order chi connectivity index (χ1) is 9.29. The predicted octanol–water partition coefficient (Wildman–Crippen LogP) is 3.83. The Morgan fingerprint density at radius 1 is 1.05 bits per heavy atom. The van der Waals surface area contributed by atoms with Gasteiger partial charge in [0.25, 0.3) is 0 Å². The van der Waals surface area contributed by atoms with Crippen LogP contribution >= 0.6 is 0 Å². The zero-order chi connectivity index (χ0) is 13.5. The number of benzene rings is 1. The van der Waals surface area contributed by atoms with Crippen LogP contribution in [0, 0.1) is 0 Å². The standard InChI is InChI=1S/C15H21N3O/c1-2-3-4-5-6-7-14-17-15(18-19-14)12-8-10-13(16)11-9-12/h8-11H,2-7,16H2,1H3. The Hall–Kier alpha value is -1.84. The number of rotatable bonds is 7. The highest BCUT2D eigenvalue weighted by Crippen LogP contribution is 2.18. The van der Waals surface area contributed by atoms with Crippen LogP contribution < -0.4 is 5.73 Å². The van der Waals surface area contributed by atoms with E-state index >= 15 is 0 Å². The van der Waals surface area contributed by atoms with Gasteiger partial charge < -0.3 is 10.3 Å². The summed E-state index contributed by atoms with van der Waals surface area (Å²) in [6.45, 7) is 2.22. The van der Waals surface area contributed by atoms with Crippen molar-refractivity contribution in [1.29, 1.82) is 0 Å². The first kappa shape index (κ1) is 13.6. The van der Waals surface area contributed by atoms with Crippen molar-refractivity contribution in [2.24, 2.45) is 0 Å². The molecule has 0 saturated heterocycles. The minimum Gasteiger partial charge on any atom is -0.399 e. The molecule has 0 aliphatic carbocycles. The maximum atomic E-state index is 5.65. The summed E-state index contributed by atoms with van der Waals surface area (Å²) in [5.74, 6) is 1.37. The van der Waals surface area contributed by atoms with Gasteiger partial charge in [-0.15, -0.1) is 0 Å². The summed E-state index contributed by atoms with van der Waals surface area (Å²) >= 11 is 0. The van der Waals surface area contributed by atoms with Crippen LogP contribution in [-0.2, 0) is 6.42 Å². The number of nitrogens with zero attached hydrogens (tertiary/aromatic N) is 2. The molecule has 0 amide bonds. The second kappa shape index (κ2) is 6.92. The zero-order valence-electron chi connectivity index (χ0n) is 11.4. The number of aryl methyl sites for hydroxylation is 1. The molecule has 2 rings (SSSR count). The quantitative estimate of drug-likeness (QED) is 0.606. The van der Waals surface area contributed by atoms with E-state index in [9.17, 15) is 0 Å². The number of aromatic nitrogens is 2. The van der Waals surface area contributed by atoms with Crippen molar-refractivity contribution in [2.75, 3.05) is 5.73 Å². The molecule has 19 heavy (non-hydrogen) atoms. The van der Waals surface area contributed by atoms with Gasteiger partial charge >= 0.3 is 0 Å². The monoisotopic (exact) mass is 259 g/mol. The van der Waals surface area contributed by atoms with Crippen molar-refractivity contribution in [1.82, 2.24) is 10.1 Å². The van der Waals surface area contributed by atoms with Crippen molar-refractivity contribution < 1.29 is 4.52 Å². The number of nitrogens with two attached hydrogens (primary N) is 1. The molecule has 0 saturated carbocycles. The third-order valence-corrected chi connectivity index (χ3v) is 3.13. The average Bonchev–Trinajstić information content (AvgIpc) is 2.88. The fourth-order valence-corrected chi connectivity index (χ4v) is 1.99. The first-order valence-electron chi connectivity index (χ1n) is 6.98. The van der Waals surface area contributed by atoms with Gasteiger partial charge in [0.05, 0.1) is 0 Å². The number of hydrogen-bond donors (Lipinski definition) is 1. The number of hydrogen-bond acceptors (Lipinski definition) is 4. The molecule has 0 spiro atoms. The van der Waals surface area contributed by atoms with Crippen LogP contribution in [0.2, 0.25) is 0 Å². The lowest BCUT2D eigenvalue weighted by atomic mass is 10.1. The van der Waals surface area contributed by atoms with Crippen molar-refractivity contribution in [3.63, 3.8) is 0 Å². The SMILES string of the molecule is CCCCCCCc1nc(-c2ccc(N)cc2)no1. The Kier molecular flexibility index (Phi) is 4.95.